The molecule has 0 radical (unpaired) electrons. The van der Waals surface area contributed by atoms with Crippen molar-refractivity contribution in [1.82, 2.24) is 15.1 Å². The molecule has 2 saturated heterocycles. The Morgan fingerprint density at radius 3 is 2.69 bits per heavy atom. The SMILES string of the molecule is O=[N+]([O-])c1cnn(C2CC3CCC(C2)N3)c1. The van der Waals surface area contributed by atoms with E-state index in [1.165, 1.54) is 19.0 Å². The van der Waals surface area contributed by atoms with Crippen LogP contribution in [0, 0.1) is 10.1 Å². The number of nitro groups is 1. The minimum absolute atomic E-state index is 0.0888. The monoisotopic (exact) mass is 222 g/mol. The molecule has 0 amide bonds. The first-order valence-electron chi connectivity index (χ1n) is 5.67. The minimum Gasteiger partial charge on any atom is -0.311 e. The number of nitrogens with one attached hydrogen (secondary N) is 1. The van der Waals surface area contributed by atoms with Crippen molar-refractivity contribution in [2.75, 3.05) is 0 Å². The van der Waals surface area contributed by atoms with Crippen LogP contribution in [0.1, 0.15) is 31.7 Å². The van der Waals surface area contributed by atoms with Crippen molar-refractivity contribution >= 4 is 5.69 Å². The second-order valence-electron chi connectivity index (χ2n) is 4.70. The van der Waals surface area contributed by atoms with Crippen molar-refractivity contribution in [1.29, 1.82) is 0 Å². The maximum Gasteiger partial charge on any atom is 0.307 e. The predicted octanol–water partition coefficient (Wildman–Crippen LogP) is 1.25. The number of fused-ring (bicyclic) bond motifs is 2. The molecule has 6 heteroatoms. The minimum atomic E-state index is -0.390. The van der Waals surface area contributed by atoms with E-state index in [1.807, 2.05) is 0 Å². The van der Waals surface area contributed by atoms with E-state index in [2.05, 4.69) is 10.4 Å². The van der Waals surface area contributed by atoms with E-state index in [4.69, 9.17) is 0 Å². The summed E-state index contributed by atoms with van der Waals surface area (Å²) in [6, 6.07) is 1.48. The summed E-state index contributed by atoms with van der Waals surface area (Å²) in [5.74, 6) is 0. The molecule has 3 heterocycles. The fourth-order valence-corrected chi connectivity index (χ4v) is 2.87. The van der Waals surface area contributed by atoms with Crippen molar-refractivity contribution in [3.05, 3.63) is 22.5 Å². The van der Waals surface area contributed by atoms with Gasteiger partial charge in [0.25, 0.3) is 0 Å². The van der Waals surface area contributed by atoms with Gasteiger partial charge in [0.1, 0.15) is 12.4 Å². The van der Waals surface area contributed by atoms with Crippen LogP contribution in [0.15, 0.2) is 12.4 Å². The van der Waals surface area contributed by atoms with E-state index in [1.54, 1.807) is 10.9 Å². The molecule has 2 bridgehead atoms. The summed E-state index contributed by atoms with van der Waals surface area (Å²) >= 11 is 0. The fraction of sp³-hybridized carbons (Fsp3) is 0.700. The van der Waals surface area contributed by atoms with Crippen molar-refractivity contribution in [3.63, 3.8) is 0 Å². The number of hydrogen-bond acceptors (Lipinski definition) is 4. The lowest BCUT2D eigenvalue weighted by molar-refractivity contribution is -0.385. The average molecular weight is 222 g/mol. The molecule has 16 heavy (non-hydrogen) atoms. The number of rotatable bonds is 2. The third-order valence-corrected chi connectivity index (χ3v) is 3.62. The van der Waals surface area contributed by atoms with Crippen LogP contribution in [0.25, 0.3) is 0 Å². The molecule has 0 aliphatic carbocycles. The maximum atomic E-state index is 10.6. The molecule has 3 rings (SSSR count). The van der Waals surface area contributed by atoms with Gasteiger partial charge >= 0.3 is 5.69 Å². The molecule has 86 valence electrons. The van der Waals surface area contributed by atoms with Gasteiger partial charge in [0, 0.05) is 12.1 Å². The van der Waals surface area contributed by atoms with Crippen LogP contribution in [0.5, 0.6) is 0 Å². The maximum absolute atomic E-state index is 10.6. The lowest BCUT2D eigenvalue weighted by Crippen LogP contribution is -2.38. The normalized spacial score (nSPS) is 32.9. The Bertz CT molecular complexity index is 405. The zero-order chi connectivity index (χ0) is 11.1. The molecule has 2 fully saturated rings. The van der Waals surface area contributed by atoms with Gasteiger partial charge < -0.3 is 5.32 Å². The van der Waals surface area contributed by atoms with Crippen LogP contribution < -0.4 is 5.32 Å². The predicted molar refractivity (Wildman–Crippen MR) is 57.1 cm³/mol. The second-order valence-corrected chi connectivity index (χ2v) is 4.70. The van der Waals surface area contributed by atoms with E-state index < -0.39 is 0 Å². The summed E-state index contributed by atoms with van der Waals surface area (Å²) in [6.07, 6.45) is 7.42. The first-order chi connectivity index (χ1) is 7.72. The number of nitrogens with zero attached hydrogens (tertiary/aromatic N) is 3. The Morgan fingerprint density at radius 2 is 2.12 bits per heavy atom. The quantitative estimate of drug-likeness (QED) is 0.603. The smallest absolute Gasteiger partial charge is 0.307 e. The average Bonchev–Trinajstić information content (AvgIpc) is 2.85. The highest BCUT2D eigenvalue weighted by Gasteiger charge is 2.34. The number of hydrogen-bond donors (Lipinski definition) is 1. The van der Waals surface area contributed by atoms with Crippen LogP contribution in [0.3, 0.4) is 0 Å². The summed E-state index contributed by atoms with van der Waals surface area (Å²) in [5, 5.41) is 18.2. The van der Waals surface area contributed by atoms with Gasteiger partial charge in [0.15, 0.2) is 0 Å². The number of piperidine rings is 1. The Balaban J connectivity index is 1.79. The molecular weight excluding hydrogens is 208 g/mol. The summed E-state index contributed by atoms with van der Waals surface area (Å²) in [5.41, 5.74) is 0.0888. The topological polar surface area (TPSA) is 73.0 Å². The van der Waals surface area contributed by atoms with E-state index in [0.29, 0.717) is 18.1 Å². The van der Waals surface area contributed by atoms with Gasteiger partial charge in [-0.2, -0.15) is 5.10 Å². The molecule has 2 atom stereocenters. The molecule has 1 aromatic heterocycles. The fourth-order valence-electron chi connectivity index (χ4n) is 2.87. The van der Waals surface area contributed by atoms with Crippen molar-refractivity contribution in [2.24, 2.45) is 0 Å². The van der Waals surface area contributed by atoms with E-state index in [0.717, 1.165) is 12.8 Å². The molecule has 2 unspecified atom stereocenters. The van der Waals surface area contributed by atoms with Gasteiger partial charge in [0.2, 0.25) is 0 Å². The molecule has 1 aromatic rings. The summed E-state index contributed by atoms with van der Waals surface area (Å²) in [7, 11) is 0. The lowest BCUT2D eigenvalue weighted by atomic mass is 10.0. The molecule has 1 N–H and O–H groups in total. The lowest BCUT2D eigenvalue weighted by Gasteiger charge is -2.28. The van der Waals surface area contributed by atoms with Crippen LogP contribution in [0.2, 0.25) is 0 Å². The Morgan fingerprint density at radius 1 is 1.44 bits per heavy atom. The number of aromatic nitrogens is 2. The first-order valence-corrected chi connectivity index (χ1v) is 5.67. The highest BCUT2D eigenvalue weighted by atomic mass is 16.6. The van der Waals surface area contributed by atoms with Crippen molar-refractivity contribution in [2.45, 2.75) is 43.8 Å². The van der Waals surface area contributed by atoms with Crippen LogP contribution >= 0.6 is 0 Å². The molecule has 0 saturated carbocycles. The van der Waals surface area contributed by atoms with Crippen LogP contribution in [-0.4, -0.2) is 26.8 Å². The van der Waals surface area contributed by atoms with Crippen LogP contribution in [-0.2, 0) is 0 Å². The third-order valence-electron chi connectivity index (χ3n) is 3.62. The summed E-state index contributed by atoms with van der Waals surface area (Å²) < 4.78 is 1.77. The van der Waals surface area contributed by atoms with Gasteiger partial charge in [-0.1, -0.05) is 0 Å². The molecule has 0 spiro atoms. The van der Waals surface area contributed by atoms with E-state index >= 15 is 0 Å². The largest absolute Gasteiger partial charge is 0.311 e. The van der Waals surface area contributed by atoms with E-state index in [9.17, 15) is 10.1 Å². The van der Waals surface area contributed by atoms with Gasteiger partial charge in [-0.25, -0.2) is 0 Å². The Labute approximate surface area is 92.8 Å². The molecule has 2 aliphatic heterocycles. The van der Waals surface area contributed by atoms with Crippen molar-refractivity contribution in [3.8, 4) is 0 Å². The van der Waals surface area contributed by atoms with Crippen LogP contribution in [0.4, 0.5) is 5.69 Å². The molecule has 6 nitrogen and oxygen atoms in total. The highest BCUT2D eigenvalue weighted by Crippen LogP contribution is 2.33. The van der Waals surface area contributed by atoms with E-state index in [-0.39, 0.29) is 10.6 Å². The van der Waals surface area contributed by atoms with Gasteiger partial charge in [-0.15, -0.1) is 0 Å². The standard InChI is InChI=1S/C10H14N4O2/c15-14(16)10-5-11-13(6-10)9-3-7-1-2-8(4-9)12-7/h5-9,12H,1-4H2. The Kier molecular flexibility index (Phi) is 2.17. The first kappa shape index (κ1) is 9.77. The van der Waals surface area contributed by atoms with Gasteiger partial charge in [-0.05, 0) is 25.7 Å². The zero-order valence-corrected chi connectivity index (χ0v) is 8.87. The second kappa shape index (κ2) is 3.55. The molecular formula is C10H14N4O2. The third kappa shape index (κ3) is 1.59. The van der Waals surface area contributed by atoms with Gasteiger partial charge in [-0.3, -0.25) is 14.8 Å². The molecule has 2 aliphatic rings. The zero-order valence-electron chi connectivity index (χ0n) is 8.87. The molecule has 0 aromatic carbocycles. The van der Waals surface area contributed by atoms with Crippen molar-refractivity contribution < 1.29 is 4.92 Å². The van der Waals surface area contributed by atoms with Gasteiger partial charge in [0.05, 0.1) is 11.0 Å². The Hall–Kier alpha value is -1.43. The highest BCUT2D eigenvalue weighted by molar-refractivity contribution is 5.21. The summed E-state index contributed by atoms with van der Waals surface area (Å²) in [6.45, 7) is 0. The summed E-state index contributed by atoms with van der Waals surface area (Å²) in [4.78, 5) is 10.2.